The Morgan fingerprint density at radius 1 is 1.62 bits per heavy atom. The molecule has 0 spiro atoms. The molecule has 0 radical (unpaired) electrons. The van der Waals surface area contributed by atoms with Gasteiger partial charge in [0, 0.05) is 26.7 Å². The number of methoxy groups -OCH3 is 1. The highest BCUT2D eigenvalue weighted by atomic mass is 16.5. The quantitative estimate of drug-likeness (QED) is 0.637. The standard InChI is InChI=1S/C11H21N3O2/c1-3-5-14-9-13-7-10(14)11(15)8-12-4-6-16-2/h7,9,11-12,15H,3-6,8H2,1-2H3. The topological polar surface area (TPSA) is 59.3 Å². The van der Waals surface area contributed by atoms with E-state index < -0.39 is 6.10 Å². The summed E-state index contributed by atoms with van der Waals surface area (Å²) in [5, 5.41) is 13.1. The van der Waals surface area contributed by atoms with Crippen LogP contribution in [0.5, 0.6) is 0 Å². The number of aliphatic hydroxyl groups is 1. The monoisotopic (exact) mass is 227 g/mol. The number of aromatic nitrogens is 2. The van der Waals surface area contributed by atoms with Gasteiger partial charge in [0.2, 0.25) is 0 Å². The summed E-state index contributed by atoms with van der Waals surface area (Å²) in [4.78, 5) is 4.06. The van der Waals surface area contributed by atoms with Gasteiger partial charge in [0.05, 0.1) is 24.8 Å². The highest BCUT2D eigenvalue weighted by Gasteiger charge is 2.11. The molecule has 0 saturated carbocycles. The predicted octanol–water partition coefficient (Wildman–Crippen LogP) is 0.562. The van der Waals surface area contributed by atoms with Gasteiger partial charge < -0.3 is 19.7 Å². The van der Waals surface area contributed by atoms with Crippen LogP contribution in [-0.2, 0) is 11.3 Å². The van der Waals surface area contributed by atoms with Crippen LogP contribution < -0.4 is 5.32 Å². The fourth-order valence-corrected chi connectivity index (χ4v) is 1.55. The first-order valence-corrected chi connectivity index (χ1v) is 5.67. The molecule has 2 N–H and O–H groups in total. The second-order valence-corrected chi connectivity index (χ2v) is 3.72. The van der Waals surface area contributed by atoms with E-state index in [0.717, 1.165) is 25.2 Å². The van der Waals surface area contributed by atoms with Crippen molar-refractivity contribution in [2.75, 3.05) is 26.8 Å². The van der Waals surface area contributed by atoms with Gasteiger partial charge in [-0.2, -0.15) is 0 Å². The third kappa shape index (κ3) is 3.92. The van der Waals surface area contributed by atoms with Crippen LogP contribution in [0.25, 0.3) is 0 Å². The van der Waals surface area contributed by atoms with Crippen molar-refractivity contribution in [3.8, 4) is 0 Å². The molecule has 0 aliphatic carbocycles. The van der Waals surface area contributed by atoms with Gasteiger partial charge in [-0.3, -0.25) is 0 Å². The van der Waals surface area contributed by atoms with E-state index in [1.807, 2.05) is 4.57 Å². The Morgan fingerprint density at radius 3 is 3.12 bits per heavy atom. The van der Waals surface area contributed by atoms with Crippen molar-refractivity contribution in [1.29, 1.82) is 0 Å². The van der Waals surface area contributed by atoms with Crippen LogP contribution in [0, 0.1) is 0 Å². The maximum absolute atomic E-state index is 9.95. The minimum absolute atomic E-state index is 0.508. The van der Waals surface area contributed by atoms with E-state index in [9.17, 15) is 5.11 Å². The molecule has 1 rings (SSSR count). The Morgan fingerprint density at radius 2 is 2.44 bits per heavy atom. The highest BCUT2D eigenvalue weighted by molar-refractivity contribution is 5.03. The third-order valence-corrected chi connectivity index (χ3v) is 2.37. The number of imidazole rings is 1. The van der Waals surface area contributed by atoms with Gasteiger partial charge in [-0.05, 0) is 6.42 Å². The molecule has 1 aromatic rings. The van der Waals surface area contributed by atoms with E-state index in [0.29, 0.717) is 13.2 Å². The van der Waals surface area contributed by atoms with E-state index in [1.165, 1.54) is 0 Å². The van der Waals surface area contributed by atoms with Crippen LogP contribution in [0.4, 0.5) is 0 Å². The van der Waals surface area contributed by atoms with Crippen LogP contribution in [0.3, 0.4) is 0 Å². The maximum atomic E-state index is 9.95. The Hall–Kier alpha value is -0.910. The van der Waals surface area contributed by atoms with Crippen LogP contribution in [-0.4, -0.2) is 41.5 Å². The van der Waals surface area contributed by atoms with Gasteiger partial charge in [0.1, 0.15) is 6.10 Å². The maximum Gasteiger partial charge on any atom is 0.108 e. The van der Waals surface area contributed by atoms with Crippen molar-refractivity contribution in [2.24, 2.45) is 0 Å². The largest absolute Gasteiger partial charge is 0.385 e. The second kappa shape index (κ2) is 7.38. The zero-order valence-electron chi connectivity index (χ0n) is 10.0. The van der Waals surface area contributed by atoms with E-state index in [1.54, 1.807) is 19.6 Å². The Kier molecular flexibility index (Phi) is 6.07. The zero-order valence-corrected chi connectivity index (χ0v) is 10.0. The number of nitrogens with one attached hydrogen (secondary N) is 1. The number of nitrogens with zero attached hydrogens (tertiary/aromatic N) is 2. The van der Waals surface area contributed by atoms with Crippen molar-refractivity contribution in [3.05, 3.63) is 18.2 Å². The molecule has 1 aromatic heterocycles. The second-order valence-electron chi connectivity index (χ2n) is 3.72. The Bertz CT molecular complexity index is 289. The summed E-state index contributed by atoms with van der Waals surface area (Å²) in [6.07, 6.45) is 4.01. The van der Waals surface area contributed by atoms with E-state index in [-0.39, 0.29) is 0 Å². The number of hydrogen-bond donors (Lipinski definition) is 2. The Labute approximate surface area is 96.4 Å². The lowest BCUT2D eigenvalue weighted by Gasteiger charge is -2.13. The first-order valence-electron chi connectivity index (χ1n) is 5.67. The van der Waals surface area contributed by atoms with Gasteiger partial charge in [0.15, 0.2) is 0 Å². The SMILES string of the molecule is CCCn1cncc1C(O)CNCCOC. The number of aliphatic hydroxyl groups excluding tert-OH is 1. The molecular formula is C11H21N3O2. The molecule has 0 aliphatic heterocycles. The fraction of sp³-hybridized carbons (Fsp3) is 0.727. The molecule has 0 fully saturated rings. The van der Waals surface area contributed by atoms with Crippen LogP contribution in [0.1, 0.15) is 25.1 Å². The summed E-state index contributed by atoms with van der Waals surface area (Å²) < 4.78 is 6.90. The molecule has 92 valence electrons. The van der Waals surface area contributed by atoms with E-state index in [2.05, 4.69) is 17.2 Å². The zero-order chi connectivity index (χ0) is 11.8. The summed E-state index contributed by atoms with van der Waals surface area (Å²) >= 11 is 0. The molecule has 0 bridgehead atoms. The molecule has 0 amide bonds. The van der Waals surface area contributed by atoms with Gasteiger partial charge >= 0.3 is 0 Å². The van der Waals surface area contributed by atoms with Gasteiger partial charge in [-0.1, -0.05) is 6.92 Å². The number of rotatable bonds is 8. The molecule has 0 saturated heterocycles. The average molecular weight is 227 g/mol. The van der Waals surface area contributed by atoms with Crippen molar-refractivity contribution in [1.82, 2.24) is 14.9 Å². The summed E-state index contributed by atoms with van der Waals surface area (Å²) in [7, 11) is 1.66. The molecule has 16 heavy (non-hydrogen) atoms. The van der Waals surface area contributed by atoms with Gasteiger partial charge in [-0.15, -0.1) is 0 Å². The molecular weight excluding hydrogens is 206 g/mol. The van der Waals surface area contributed by atoms with E-state index >= 15 is 0 Å². The molecule has 5 nitrogen and oxygen atoms in total. The molecule has 1 unspecified atom stereocenters. The van der Waals surface area contributed by atoms with Gasteiger partial charge in [-0.25, -0.2) is 4.98 Å². The Balaban J connectivity index is 2.39. The first-order chi connectivity index (χ1) is 7.79. The molecule has 0 aliphatic rings. The van der Waals surface area contributed by atoms with Crippen molar-refractivity contribution in [3.63, 3.8) is 0 Å². The predicted molar refractivity (Wildman–Crippen MR) is 62.2 cm³/mol. The highest BCUT2D eigenvalue weighted by Crippen LogP contribution is 2.11. The third-order valence-electron chi connectivity index (χ3n) is 2.37. The molecule has 0 aromatic carbocycles. The van der Waals surface area contributed by atoms with Crippen molar-refractivity contribution in [2.45, 2.75) is 26.0 Å². The number of aryl methyl sites for hydroxylation is 1. The normalized spacial score (nSPS) is 12.9. The van der Waals surface area contributed by atoms with Crippen molar-refractivity contribution >= 4 is 0 Å². The lowest BCUT2D eigenvalue weighted by atomic mass is 10.2. The van der Waals surface area contributed by atoms with Crippen LogP contribution >= 0.6 is 0 Å². The minimum Gasteiger partial charge on any atom is -0.385 e. The lowest BCUT2D eigenvalue weighted by molar-refractivity contribution is 0.154. The summed E-state index contributed by atoms with van der Waals surface area (Å²) in [6, 6.07) is 0. The van der Waals surface area contributed by atoms with Crippen LogP contribution in [0.15, 0.2) is 12.5 Å². The van der Waals surface area contributed by atoms with Gasteiger partial charge in [0.25, 0.3) is 0 Å². The lowest BCUT2D eigenvalue weighted by Crippen LogP contribution is -2.26. The molecule has 1 atom stereocenters. The summed E-state index contributed by atoms with van der Waals surface area (Å²) in [5.41, 5.74) is 0.867. The van der Waals surface area contributed by atoms with Crippen LogP contribution in [0.2, 0.25) is 0 Å². The summed E-state index contributed by atoms with van der Waals surface area (Å²) in [5.74, 6) is 0. The minimum atomic E-state index is -0.508. The number of hydrogen-bond acceptors (Lipinski definition) is 4. The van der Waals surface area contributed by atoms with E-state index in [4.69, 9.17) is 4.74 Å². The smallest absolute Gasteiger partial charge is 0.108 e. The molecule has 5 heteroatoms. The van der Waals surface area contributed by atoms with Crippen molar-refractivity contribution < 1.29 is 9.84 Å². The fourth-order valence-electron chi connectivity index (χ4n) is 1.55. The number of ether oxygens (including phenoxy) is 1. The summed E-state index contributed by atoms with van der Waals surface area (Å²) in [6.45, 7) is 4.92. The first kappa shape index (κ1) is 13.2. The average Bonchev–Trinajstić information content (AvgIpc) is 2.73. The molecule has 1 heterocycles.